The zero-order valence-corrected chi connectivity index (χ0v) is 18.6. The Morgan fingerprint density at radius 2 is 1.08 bits per heavy atom. The molecule has 0 saturated heterocycles. The van der Waals surface area contributed by atoms with Gasteiger partial charge in [0.05, 0.1) is 23.8 Å². The monoisotopic (exact) mass is 468 g/mol. The van der Waals surface area contributed by atoms with E-state index < -0.39 is 45.7 Å². The first kappa shape index (κ1) is 28.8. The van der Waals surface area contributed by atoms with Crippen molar-refractivity contribution in [1.29, 1.82) is 0 Å². The van der Waals surface area contributed by atoms with E-state index in [1.54, 1.807) is 0 Å². The van der Waals surface area contributed by atoms with Crippen molar-refractivity contribution in [2.45, 2.75) is 54.4 Å². The average Bonchev–Trinajstić information content (AvgIpc) is 2.54. The summed E-state index contributed by atoms with van der Waals surface area (Å²) in [4.78, 5) is 39.9. The van der Waals surface area contributed by atoms with E-state index in [4.69, 9.17) is 6.15 Å². The van der Waals surface area contributed by atoms with Gasteiger partial charge in [0.15, 0.2) is 0 Å². The Morgan fingerprint density at radius 1 is 0.800 bits per heavy atom. The molecule has 9 heteroatoms. The van der Waals surface area contributed by atoms with Gasteiger partial charge in [-0.2, -0.15) is 0 Å². The molecule has 0 saturated carbocycles. The molecule has 0 bridgehead atoms. The van der Waals surface area contributed by atoms with E-state index in [0.29, 0.717) is 0 Å². The van der Waals surface area contributed by atoms with Crippen LogP contribution in [0.4, 0.5) is 0 Å². The Kier molecular flexibility index (Phi) is 22.3. The third-order valence-electron chi connectivity index (χ3n) is 2.66. The number of carbonyl (C=O) groups is 4. The second kappa shape index (κ2) is 19.3. The van der Waals surface area contributed by atoms with Crippen LogP contribution in [0.1, 0.15) is 54.4 Å². The number of rotatable bonds is 10. The molecule has 0 fully saturated rings. The summed E-state index contributed by atoms with van der Waals surface area (Å²) in [5, 5.41) is 19.6. The van der Waals surface area contributed by atoms with Gasteiger partial charge in [0.2, 0.25) is 0 Å². The van der Waals surface area contributed by atoms with Gasteiger partial charge in [0.25, 0.3) is 0 Å². The van der Waals surface area contributed by atoms with Crippen molar-refractivity contribution < 1.29 is 35.5 Å². The maximum atomic E-state index is 10.2. The summed E-state index contributed by atoms with van der Waals surface area (Å²) in [6.07, 6.45) is 2.21. The fraction of sp³-hybridized carbons (Fsp3) is 0.750. The van der Waals surface area contributed by atoms with E-state index in [1.807, 2.05) is 0 Å². The van der Waals surface area contributed by atoms with Crippen LogP contribution in [-0.4, -0.2) is 58.7 Å². The molecule has 0 N–H and O–H groups in total. The molecule has 25 heavy (non-hydrogen) atoms. The van der Waals surface area contributed by atoms with Crippen LogP contribution in [0.15, 0.2) is 0 Å². The summed E-state index contributed by atoms with van der Waals surface area (Å²) in [6, 6.07) is 0. The van der Waals surface area contributed by atoms with Gasteiger partial charge in [-0.15, -0.1) is 0 Å². The van der Waals surface area contributed by atoms with Crippen LogP contribution >= 0.6 is 0 Å². The van der Waals surface area contributed by atoms with E-state index in [0.717, 1.165) is 26.1 Å². The second-order valence-electron chi connectivity index (χ2n) is 5.08. The van der Waals surface area contributed by atoms with Crippen LogP contribution < -0.4 is 10.2 Å². The van der Waals surface area contributed by atoms with Gasteiger partial charge < -0.3 is 19.8 Å². The molecule has 0 aromatic carbocycles. The fourth-order valence-electron chi connectivity index (χ4n) is 0.661. The molecule has 0 amide bonds. The van der Waals surface area contributed by atoms with Crippen molar-refractivity contribution in [2.75, 3.05) is 13.2 Å². The Labute approximate surface area is 160 Å². The third-order valence-corrected chi connectivity index (χ3v) is 4.49. The summed E-state index contributed by atoms with van der Waals surface area (Å²) in [7, 11) is 0. The number of aliphatic carboxylic acids is 2. The van der Waals surface area contributed by atoms with Crippen molar-refractivity contribution in [3.8, 4) is 0 Å². The minimum absolute atomic E-state index is 0.370. The molecule has 2 atom stereocenters. The van der Waals surface area contributed by atoms with E-state index in [2.05, 4.69) is 13.8 Å². The van der Waals surface area contributed by atoms with Crippen LogP contribution in [0.3, 0.4) is 0 Å². The first-order valence-corrected chi connectivity index (χ1v) is 10.3. The molecule has 0 heterocycles. The zero-order valence-electron chi connectivity index (χ0n) is 15.7. The molecule has 0 aliphatic rings. The molecule has 144 valence electrons. The standard InChI is InChI=1S/2C5H8O3.2C3H7O.Sn/c2*1-3(4(2)6)5(7)8;2*1-2-3-4;/h2*3H,1-2H3,(H,7,8);2*2-3H2,1H3;/q;;2*-1;+4/p-2. The first-order chi connectivity index (χ1) is 11.5. The van der Waals surface area contributed by atoms with E-state index in [-0.39, 0.29) is 11.6 Å². The van der Waals surface area contributed by atoms with Crippen LogP contribution in [-0.2, 0) is 25.3 Å². The molecule has 0 aromatic heterocycles. The Balaban J connectivity index is -0.000000291. The molecule has 0 aromatic rings. The second-order valence-corrected chi connectivity index (χ2v) is 7.21. The summed E-state index contributed by atoms with van der Waals surface area (Å²) in [5.41, 5.74) is 0. The molecule has 0 aliphatic heterocycles. The molecule has 0 aliphatic carbocycles. The zero-order chi connectivity index (χ0) is 20.4. The van der Waals surface area contributed by atoms with Gasteiger partial charge in [-0.25, -0.2) is 0 Å². The molecule has 2 unspecified atom stereocenters. The van der Waals surface area contributed by atoms with E-state index >= 15 is 0 Å². The average molecular weight is 467 g/mol. The number of carboxylic acid groups (broad SMARTS) is 2. The summed E-state index contributed by atoms with van der Waals surface area (Å²) < 4.78 is 10.5. The van der Waals surface area contributed by atoms with Crippen molar-refractivity contribution >= 4 is 45.5 Å². The molecular formula is C16H28O8Sn. The van der Waals surface area contributed by atoms with Gasteiger partial charge in [-0.3, -0.25) is 9.59 Å². The maximum absolute atomic E-state index is 10.2. The van der Waals surface area contributed by atoms with Gasteiger partial charge in [0, 0.05) is 0 Å². The number of carboxylic acids is 2. The number of hydrogen-bond acceptors (Lipinski definition) is 8. The van der Waals surface area contributed by atoms with Crippen molar-refractivity contribution in [1.82, 2.24) is 0 Å². The van der Waals surface area contributed by atoms with Gasteiger partial charge in [-0.05, 0) is 13.8 Å². The Bertz CT molecular complexity index is 334. The molecule has 0 spiro atoms. The molecule has 8 nitrogen and oxygen atoms in total. The third kappa shape index (κ3) is 23.0. The number of ketones is 2. The molecular weight excluding hydrogens is 439 g/mol. The molecule has 0 rings (SSSR count). The van der Waals surface area contributed by atoms with Gasteiger partial charge in [0.1, 0.15) is 11.6 Å². The predicted molar refractivity (Wildman–Crippen MR) is 87.9 cm³/mol. The van der Waals surface area contributed by atoms with Crippen LogP contribution in [0, 0.1) is 11.8 Å². The normalized spacial score (nSPS) is 11.4. The van der Waals surface area contributed by atoms with Crippen LogP contribution in [0.25, 0.3) is 0 Å². The van der Waals surface area contributed by atoms with Gasteiger partial charge >= 0.3 is 68.0 Å². The van der Waals surface area contributed by atoms with Crippen molar-refractivity contribution in [2.24, 2.45) is 11.8 Å². The van der Waals surface area contributed by atoms with Gasteiger partial charge in [-0.1, -0.05) is 13.8 Å². The quantitative estimate of drug-likeness (QED) is 0.234. The van der Waals surface area contributed by atoms with Crippen LogP contribution in [0.2, 0.25) is 0 Å². The number of Topliss-reactive ketones (excluding diaryl/α,β-unsaturated/α-hetero) is 2. The number of hydrogen-bond donors (Lipinski definition) is 0. The van der Waals surface area contributed by atoms with Crippen molar-refractivity contribution in [3.05, 3.63) is 0 Å². The van der Waals surface area contributed by atoms with E-state index in [9.17, 15) is 29.4 Å². The Morgan fingerprint density at radius 3 is 1.20 bits per heavy atom. The Hall–Kier alpha value is -1.00. The topological polar surface area (TPSA) is 133 Å². The fourth-order valence-corrected chi connectivity index (χ4v) is 2.54. The van der Waals surface area contributed by atoms with E-state index in [1.165, 1.54) is 27.7 Å². The summed E-state index contributed by atoms with van der Waals surface area (Å²) >= 11 is -0.851. The van der Waals surface area contributed by atoms with Crippen molar-refractivity contribution in [3.63, 3.8) is 0 Å². The predicted octanol–water partition coefficient (Wildman–Crippen LogP) is -0.703. The minimum atomic E-state index is -1.31. The SMILES string of the molecule is CC(=O)C(C)C(=O)[O-].CC(=O)C(C)C(=O)[O-].CCC[O][Sn+2][O]CCC. The number of carbonyl (C=O) groups excluding carboxylic acids is 4. The first-order valence-electron chi connectivity index (χ1n) is 7.93. The van der Waals surface area contributed by atoms with Crippen LogP contribution in [0.5, 0.6) is 0 Å². The summed E-state index contributed by atoms with van der Waals surface area (Å²) in [6.45, 7) is 11.0. The molecule has 0 radical (unpaired) electrons. The summed E-state index contributed by atoms with van der Waals surface area (Å²) in [5.74, 6) is -5.28.